The number of hydrogen-bond donors (Lipinski definition) is 1. The Morgan fingerprint density at radius 1 is 1.11 bits per heavy atom. The minimum absolute atomic E-state index is 0.102. The minimum atomic E-state index is -0.102. The first kappa shape index (κ1) is 18.7. The molecule has 0 spiro atoms. The van der Waals surface area contributed by atoms with Crippen molar-refractivity contribution in [2.75, 3.05) is 5.32 Å². The SMILES string of the molecule is Cc1cc(C)cc(NC(=O)c2cc3c(C)nn(Cc4ccccc4Cl)c3s2)c1. The van der Waals surface area contributed by atoms with E-state index in [1.807, 2.05) is 67.9 Å². The molecule has 0 bridgehead atoms. The summed E-state index contributed by atoms with van der Waals surface area (Å²) in [7, 11) is 0. The summed E-state index contributed by atoms with van der Waals surface area (Å²) in [6.07, 6.45) is 0. The molecule has 28 heavy (non-hydrogen) atoms. The molecule has 0 atom stereocenters. The molecule has 0 saturated heterocycles. The molecule has 0 unspecified atom stereocenters. The molecule has 1 amide bonds. The van der Waals surface area contributed by atoms with Crippen LogP contribution in [0.2, 0.25) is 5.02 Å². The van der Waals surface area contributed by atoms with E-state index in [0.29, 0.717) is 16.4 Å². The van der Waals surface area contributed by atoms with Gasteiger partial charge in [-0.1, -0.05) is 35.9 Å². The van der Waals surface area contributed by atoms with Crippen LogP contribution >= 0.6 is 22.9 Å². The van der Waals surface area contributed by atoms with Gasteiger partial charge in [0.2, 0.25) is 0 Å². The number of carbonyl (C=O) groups excluding carboxylic acids is 1. The lowest BCUT2D eigenvalue weighted by molar-refractivity contribution is 0.103. The average molecular weight is 410 g/mol. The number of amides is 1. The highest BCUT2D eigenvalue weighted by atomic mass is 35.5. The van der Waals surface area contributed by atoms with Crippen molar-refractivity contribution in [1.29, 1.82) is 0 Å². The number of carbonyl (C=O) groups is 1. The molecule has 0 radical (unpaired) electrons. The molecule has 0 saturated carbocycles. The number of fused-ring (bicyclic) bond motifs is 1. The van der Waals surface area contributed by atoms with Gasteiger partial charge in [-0.3, -0.25) is 9.48 Å². The maximum absolute atomic E-state index is 12.8. The number of anilines is 1. The number of hydrogen-bond acceptors (Lipinski definition) is 3. The zero-order chi connectivity index (χ0) is 19.8. The van der Waals surface area contributed by atoms with E-state index >= 15 is 0 Å². The smallest absolute Gasteiger partial charge is 0.265 e. The predicted octanol–water partition coefficient (Wildman–Crippen LogP) is 5.98. The molecule has 6 heteroatoms. The fourth-order valence-electron chi connectivity index (χ4n) is 3.36. The molecular formula is C22H20ClN3OS. The lowest BCUT2D eigenvalue weighted by atomic mass is 10.1. The number of nitrogens with zero attached hydrogens (tertiary/aromatic N) is 2. The van der Waals surface area contributed by atoms with E-state index in [4.69, 9.17) is 11.6 Å². The molecule has 2 heterocycles. The second-order valence-corrected chi connectivity index (χ2v) is 8.43. The van der Waals surface area contributed by atoms with Crippen molar-refractivity contribution in [2.45, 2.75) is 27.3 Å². The Kier molecular flexibility index (Phi) is 4.96. The number of thiophene rings is 1. The van der Waals surface area contributed by atoms with Gasteiger partial charge in [-0.25, -0.2) is 0 Å². The van der Waals surface area contributed by atoms with Crippen molar-refractivity contribution >= 4 is 44.7 Å². The Balaban J connectivity index is 1.64. The van der Waals surface area contributed by atoms with Crippen LogP contribution in [0.3, 0.4) is 0 Å². The maximum Gasteiger partial charge on any atom is 0.265 e. The van der Waals surface area contributed by atoms with Crippen molar-refractivity contribution in [3.63, 3.8) is 0 Å². The predicted molar refractivity (Wildman–Crippen MR) is 117 cm³/mol. The number of benzene rings is 2. The van der Waals surface area contributed by atoms with E-state index in [9.17, 15) is 4.79 Å². The van der Waals surface area contributed by atoms with E-state index in [1.165, 1.54) is 11.3 Å². The van der Waals surface area contributed by atoms with Crippen molar-refractivity contribution < 1.29 is 4.79 Å². The van der Waals surface area contributed by atoms with Crippen LogP contribution in [0.1, 0.15) is 32.1 Å². The van der Waals surface area contributed by atoms with E-state index < -0.39 is 0 Å². The van der Waals surface area contributed by atoms with Crippen LogP contribution in [0.4, 0.5) is 5.69 Å². The molecule has 0 aliphatic rings. The summed E-state index contributed by atoms with van der Waals surface area (Å²) in [5.74, 6) is -0.102. The van der Waals surface area contributed by atoms with Crippen LogP contribution in [0.15, 0.2) is 48.5 Å². The standard InChI is InChI=1S/C22H20ClN3OS/c1-13-8-14(2)10-17(9-13)24-21(27)20-11-18-15(3)25-26(22(18)28-20)12-16-6-4-5-7-19(16)23/h4-11H,12H2,1-3H3,(H,24,27). The summed E-state index contributed by atoms with van der Waals surface area (Å²) >= 11 is 7.75. The van der Waals surface area contributed by atoms with Crippen molar-refractivity contribution in [3.8, 4) is 0 Å². The van der Waals surface area contributed by atoms with Gasteiger partial charge in [0.15, 0.2) is 0 Å². The van der Waals surface area contributed by atoms with Crippen molar-refractivity contribution in [3.05, 3.63) is 80.8 Å². The normalized spacial score (nSPS) is 11.1. The van der Waals surface area contributed by atoms with E-state index in [-0.39, 0.29) is 5.91 Å². The molecule has 142 valence electrons. The van der Waals surface area contributed by atoms with Crippen molar-refractivity contribution in [2.24, 2.45) is 0 Å². The van der Waals surface area contributed by atoms with Gasteiger partial charge >= 0.3 is 0 Å². The molecule has 0 aliphatic carbocycles. The summed E-state index contributed by atoms with van der Waals surface area (Å²) < 4.78 is 1.92. The summed E-state index contributed by atoms with van der Waals surface area (Å²) in [5, 5.41) is 9.36. The number of aromatic nitrogens is 2. The van der Waals surface area contributed by atoms with E-state index in [0.717, 1.165) is 38.3 Å². The third-order valence-electron chi connectivity index (χ3n) is 4.59. The van der Waals surface area contributed by atoms with Gasteiger partial charge in [0, 0.05) is 16.1 Å². The van der Waals surface area contributed by atoms with E-state index in [1.54, 1.807) is 0 Å². The second kappa shape index (κ2) is 7.41. The lowest BCUT2D eigenvalue weighted by Gasteiger charge is -2.06. The quantitative estimate of drug-likeness (QED) is 0.450. The van der Waals surface area contributed by atoms with Crippen LogP contribution < -0.4 is 5.32 Å². The van der Waals surface area contributed by atoms with Gasteiger partial charge in [0.1, 0.15) is 4.83 Å². The zero-order valence-electron chi connectivity index (χ0n) is 15.9. The number of halogens is 1. The van der Waals surface area contributed by atoms with Crippen LogP contribution in [0.5, 0.6) is 0 Å². The minimum Gasteiger partial charge on any atom is -0.321 e. The van der Waals surface area contributed by atoms with Crippen LogP contribution in [-0.4, -0.2) is 15.7 Å². The molecule has 0 aliphatic heterocycles. The van der Waals surface area contributed by atoms with Crippen molar-refractivity contribution in [1.82, 2.24) is 9.78 Å². The van der Waals surface area contributed by atoms with E-state index in [2.05, 4.69) is 16.5 Å². The second-order valence-electron chi connectivity index (χ2n) is 6.99. The summed E-state index contributed by atoms with van der Waals surface area (Å²) in [6, 6.07) is 15.7. The maximum atomic E-state index is 12.8. The number of rotatable bonds is 4. The first-order valence-electron chi connectivity index (χ1n) is 9.01. The monoisotopic (exact) mass is 409 g/mol. The molecular weight excluding hydrogens is 390 g/mol. The molecule has 0 fully saturated rings. The van der Waals surface area contributed by atoms with Gasteiger partial charge in [0.05, 0.1) is 17.1 Å². The van der Waals surface area contributed by atoms with Gasteiger partial charge in [-0.15, -0.1) is 11.3 Å². The van der Waals surface area contributed by atoms with Crippen LogP contribution in [0.25, 0.3) is 10.2 Å². The average Bonchev–Trinajstić information content (AvgIpc) is 3.18. The largest absolute Gasteiger partial charge is 0.321 e. The Morgan fingerprint density at radius 3 is 2.54 bits per heavy atom. The Morgan fingerprint density at radius 2 is 1.82 bits per heavy atom. The summed E-state index contributed by atoms with van der Waals surface area (Å²) in [4.78, 5) is 14.4. The topological polar surface area (TPSA) is 46.9 Å². The summed E-state index contributed by atoms with van der Waals surface area (Å²) in [6.45, 7) is 6.58. The highest BCUT2D eigenvalue weighted by molar-refractivity contribution is 7.20. The van der Waals surface area contributed by atoms with Gasteiger partial charge < -0.3 is 5.32 Å². The fraction of sp³-hybridized carbons (Fsp3) is 0.182. The zero-order valence-corrected chi connectivity index (χ0v) is 17.5. The van der Waals surface area contributed by atoms with Gasteiger partial charge in [-0.05, 0) is 61.7 Å². The number of aryl methyl sites for hydroxylation is 3. The van der Waals surface area contributed by atoms with Gasteiger partial charge in [-0.2, -0.15) is 5.10 Å². The molecule has 2 aromatic carbocycles. The third kappa shape index (κ3) is 3.68. The highest BCUT2D eigenvalue weighted by Crippen LogP contribution is 2.30. The molecule has 4 rings (SSSR count). The first-order valence-corrected chi connectivity index (χ1v) is 10.2. The molecule has 4 nitrogen and oxygen atoms in total. The molecule has 1 N–H and O–H groups in total. The first-order chi connectivity index (χ1) is 13.4. The Labute approximate surface area is 172 Å². The highest BCUT2D eigenvalue weighted by Gasteiger charge is 2.17. The third-order valence-corrected chi connectivity index (χ3v) is 6.10. The summed E-state index contributed by atoms with van der Waals surface area (Å²) in [5.41, 5.74) is 4.97. The molecule has 4 aromatic rings. The molecule has 2 aromatic heterocycles. The lowest BCUT2D eigenvalue weighted by Crippen LogP contribution is -2.10. The fourth-order valence-corrected chi connectivity index (χ4v) is 4.61. The van der Waals surface area contributed by atoms with Crippen LogP contribution in [0, 0.1) is 20.8 Å². The number of nitrogens with one attached hydrogen (secondary N) is 1. The Bertz CT molecular complexity index is 1170. The van der Waals surface area contributed by atoms with Crippen LogP contribution in [-0.2, 0) is 6.54 Å². The Hall–Kier alpha value is -2.63. The van der Waals surface area contributed by atoms with Gasteiger partial charge in [0.25, 0.3) is 5.91 Å².